The van der Waals surface area contributed by atoms with Gasteiger partial charge in [0.05, 0.1) is 23.7 Å². The third-order valence-electron chi connectivity index (χ3n) is 8.37. The first-order valence-electron chi connectivity index (χ1n) is 13.1. The second-order valence-corrected chi connectivity index (χ2v) is 10.6. The lowest BCUT2D eigenvalue weighted by Gasteiger charge is -2.33. The van der Waals surface area contributed by atoms with Crippen LogP contribution in [0.3, 0.4) is 0 Å². The van der Waals surface area contributed by atoms with Crippen molar-refractivity contribution in [3.8, 4) is 5.75 Å². The Morgan fingerprint density at radius 3 is 2.71 bits per heavy atom. The van der Waals surface area contributed by atoms with Gasteiger partial charge in [-0.05, 0) is 72.6 Å². The van der Waals surface area contributed by atoms with E-state index in [9.17, 15) is 4.79 Å². The van der Waals surface area contributed by atoms with Gasteiger partial charge in [-0.3, -0.25) is 9.89 Å². The Bertz CT molecular complexity index is 1570. The van der Waals surface area contributed by atoms with Crippen LogP contribution in [0.4, 0.5) is 11.5 Å². The average Bonchev–Trinajstić information content (AvgIpc) is 3.49. The number of nitrogens with one attached hydrogen (secondary N) is 2. The number of pyridine rings is 1. The van der Waals surface area contributed by atoms with Crippen LogP contribution >= 0.6 is 0 Å². The van der Waals surface area contributed by atoms with Gasteiger partial charge in [0.1, 0.15) is 11.6 Å². The number of H-pyrrole nitrogens is 1. The average molecular weight is 507 g/mol. The lowest BCUT2D eigenvalue weighted by molar-refractivity contribution is -0.118. The van der Waals surface area contributed by atoms with Crippen LogP contribution in [0.15, 0.2) is 54.7 Å². The normalized spacial score (nSPS) is 22.8. The van der Waals surface area contributed by atoms with Crippen molar-refractivity contribution >= 4 is 40.5 Å². The summed E-state index contributed by atoms with van der Waals surface area (Å²) < 4.78 is 5.42. The number of carbonyl (C=O) groups is 1. The van der Waals surface area contributed by atoms with Crippen molar-refractivity contribution in [2.24, 2.45) is 0 Å². The van der Waals surface area contributed by atoms with Gasteiger partial charge >= 0.3 is 0 Å². The minimum atomic E-state index is -0.510. The van der Waals surface area contributed by atoms with Crippen LogP contribution < -0.4 is 15.0 Å². The van der Waals surface area contributed by atoms with Crippen LogP contribution in [0.25, 0.3) is 23.1 Å². The standard InChI is InChI=1S/C30H30N6O2/c1-35-11-13-36(14-12-35)28-10-4-19(18-31-28)3-8-25-22-7-5-20(15-27(22)34-33-25)24-17-30(24)23-16-21(38-2)6-9-26(23)32-29(30)37/h3-10,15-16,18,24H,11-14,17H2,1-2H3,(H,32,37)(H,33,34)/b8-3+/t24-,30?/m0/s1. The molecule has 3 aliphatic rings. The van der Waals surface area contributed by atoms with E-state index in [4.69, 9.17) is 4.74 Å². The number of nitrogens with zero attached hydrogens (tertiary/aromatic N) is 4. The van der Waals surface area contributed by atoms with Gasteiger partial charge in [0.25, 0.3) is 0 Å². The zero-order valence-corrected chi connectivity index (χ0v) is 21.6. The van der Waals surface area contributed by atoms with Gasteiger partial charge in [-0.15, -0.1) is 0 Å². The van der Waals surface area contributed by atoms with E-state index in [0.717, 1.165) is 83.1 Å². The molecule has 4 heterocycles. The molecule has 1 unspecified atom stereocenters. The minimum absolute atomic E-state index is 0.0753. The third kappa shape index (κ3) is 3.67. The number of aromatic nitrogens is 3. The monoisotopic (exact) mass is 506 g/mol. The van der Waals surface area contributed by atoms with Gasteiger partial charge in [-0.25, -0.2) is 4.98 Å². The fourth-order valence-corrected chi connectivity index (χ4v) is 5.99. The van der Waals surface area contributed by atoms with Crippen molar-refractivity contribution in [3.05, 3.63) is 77.1 Å². The molecule has 8 heteroatoms. The minimum Gasteiger partial charge on any atom is -0.497 e. The van der Waals surface area contributed by atoms with Gasteiger partial charge in [-0.2, -0.15) is 5.10 Å². The molecule has 1 amide bonds. The lowest BCUT2D eigenvalue weighted by Crippen LogP contribution is -2.44. The Morgan fingerprint density at radius 2 is 1.92 bits per heavy atom. The smallest absolute Gasteiger partial charge is 0.235 e. The maximum Gasteiger partial charge on any atom is 0.235 e. The van der Waals surface area contributed by atoms with E-state index in [-0.39, 0.29) is 11.8 Å². The molecular weight excluding hydrogens is 476 g/mol. The molecular formula is C30H30N6O2. The molecule has 1 aliphatic carbocycles. The van der Waals surface area contributed by atoms with Crippen molar-refractivity contribution in [1.29, 1.82) is 0 Å². The van der Waals surface area contributed by atoms with Gasteiger partial charge in [0.15, 0.2) is 0 Å². The number of aromatic amines is 1. The molecule has 2 atom stereocenters. The number of piperazine rings is 1. The fraction of sp³-hybridized carbons (Fsp3) is 0.300. The maximum atomic E-state index is 13.0. The largest absolute Gasteiger partial charge is 0.497 e. The number of amides is 1. The highest BCUT2D eigenvalue weighted by atomic mass is 16.5. The highest BCUT2D eigenvalue weighted by Crippen LogP contribution is 2.65. The Morgan fingerprint density at radius 1 is 1.05 bits per heavy atom. The highest BCUT2D eigenvalue weighted by molar-refractivity contribution is 6.10. The number of carbonyl (C=O) groups excluding carboxylic acids is 1. The van der Waals surface area contributed by atoms with Crippen molar-refractivity contribution in [1.82, 2.24) is 20.1 Å². The van der Waals surface area contributed by atoms with E-state index in [2.05, 4.69) is 67.7 Å². The fourth-order valence-electron chi connectivity index (χ4n) is 5.99. The van der Waals surface area contributed by atoms with Crippen LogP contribution in [-0.4, -0.2) is 66.3 Å². The molecule has 2 aromatic heterocycles. The number of hydrogen-bond donors (Lipinski definition) is 2. The summed E-state index contributed by atoms with van der Waals surface area (Å²) in [4.78, 5) is 22.4. The molecule has 0 bridgehead atoms. The summed E-state index contributed by atoms with van der Waals surface area (Å²) in [5, 5.41) is 11.9. The van der Waals surface area contributed by atoms with Crippen molar-refractivity contribution in [2.45, 2.75) is 17.8 Å². The summed E-state index contributed by atoms with van der Waals surface area (Å²) in [6.45, 7) is 4.14. The molecule has 2 fully saturated rings. The van der Waals surface area contributed by atoms with E-state index >= 15 is 0 Å². The maximum absolute atomic E-state index is 13.0. The molecule has 2 aliphatic heterocycles. The number of likely N-dealkylation sites (N-methyl/N-ethyl adjacent to an activating group) is 1. The third-order valence-corrected chi connectivity index (χ3v) is 8.37. The Kier molecular flexibility index (Phi) is 5.26. The summed E-state index contributed by atoms with van der Waals surface area (Å²) in [5.41, 5.74) is 5.45. The quantitative estimate of drug-likeness (QED) is 0.421. The zero-order chi connectivity index (χ0) is 25.9. The second-order valence-electron chi connectivity index (χ2n) is 10.6. The highest BCUT2D eigenvalue weighted by Gasteiger charge is 2.65. The van der Waals surface area contributed by atoms with E-state index in [0.29, 0.717) is 0 Å². The van der Waals surface area contributed by atoms with Crippen LogP contribution in [0, 0.1) is 0 Å². The molecule has 192 valence electrons. The SMILES string of the molecule is COc1ccc2c(c1)C1(C[C@H]1c1ccc3c(/C=C/c4ccc(N5CCN(C)CC5)nc4)n[nH]c3c1)C(=O)N2. The lowest BCUT2D eigenvalue weighted by atomic mass is 9.91. The predicted molar refractivity (Wildman–Crippen MR) is 150 cm³/mol. The first-order valence-corrected chi connectivity index (χ1v) is 13.1. The molecule has 1 saturated carbocycles. The van der Waals surface area contributed by atoms with E-state index in [1.807, 2.05) is 36.5 Å². The molecule has 1 spiro atoms. The molecule has 7 rings (SSSR count). The van der Waals surface area contributed by atoms with Gasteiger partial charge < -0.3 is 19.9 Å². The van der Waals surface area contributed by atoms with E-state index in [1.165, 1.54) is 0 Å². The van der Waals surface area contributed by atoms with Gasteiger partial charge in [0, 0.05) is 49.4 Å². The zero-order valence-electron chi connectivity index (χ0n) is 21.6. The number of ether oxygens (including phenoxy) is 1. The summed E-state index contributed by atoms with van der Waals surface area (Å²) >= 11 is 0. The van der Waals surface area contributed by atoms with E-state index < -0.39 is 5.41 Å². The van der Waals surface area contributed by atoms with Crippen LogP contribution in [0.2, 0.25) is 0 Å². The molecule has 8 nitrogen and oxygen atoms in total. The summed E-state index contributed by atoms with van der Waals surface area (Å²) in [5.74, 6) is 2.01. The predicted octanol–water partition coefficient (Wildman–Crippen LogP) is 4.27. The number of benzene rings is 2. The molecule has 2 aromatic carbocycles. The molecule has 1 saturated heterocycles. The number of hydrogen-bond acceptors (Lipinski definition) is 6. The van der Waals surface area contributed by atoms with Crippen molar-refractivity contribution in [3.63, 3.8) is 0 Å². The first kappa shape index (κ1) is 23.0. The molecule has 2 N–H and O–H groups in total. The summed E-state index contributed by atoms with van der Waals surface area (Å²) in [6, 6.07) is 16.4. The number of rotatable bonds is 5. The molecule has 0 radical (unpaired) electrons. The van der Waals surface area contributed by atoms with Gasteiger partial charge in [-0.1, -0.05) is 18.2 Å². The number of fused-ring (bicyclic) bond motifs is 3. The van der Waals surface area contributed by atoms with Crippen LogP contribution in [-0.2, 0) is 10.2 Å². The van der Waals surface area contributed by atoms with Gasteiger partial charge in [0.2, 0.25) is 5.91 Å². The van der Waals surface area contributed by atoms with E-state index in [1.54, 1.807) is 7.11 Å². The number of anilines is 2. The van der Waals surface area contributed by atoms with Crippen LogP contribution in [0.1, 0.15) is 34.7 Å². The van der Waals surface area contributed by atoms with Crippen molar-refractivity contribution in [2.75, 3.05) is 50.6 Å². The number of methoxy groups -OCH3 is 1. The summed E-state index contributed by atoms with van der Waals surface area (Å²) in [7, 11) is 3.81. The molecule has 4 aromatic rings. The second kappa shape index (κ2) is 8.70. The Hall–Kier alpha value is -4.17. The Balaban J connectivity index is 1.09. The topological polar surface area (TPSA) is 86.4 Å². The first-order chi connectivity index (χ1) is 18.5. The van der Waals surface area contributed by atoms with Crippen LogP contribution in [0.5, 0.6) is 5.75 Å². The Labute approximate surface area is 221 Å². The summed E-state index contributed by atoms with van der Waals surface area (Å²) in [6.07, 6.45) is 6.79. The molecule has 38 heavy (non-hydrogen) atoms. The van der Waals surface area contributed by atoms with Crippen molar-refractivity contribution < 1.29 is 9.53 Å².